The van der Waals surface area contributed by atoms with Crippen molar-refractivity contribution in [3.05, 3.63) is 35.5 Å². The molecule has 4 aliphatic rings. The van der Waals surface area contributed by atoms with Crippen LogP contribution in [0.3, 0.4) is 0 Å². The Labute approximate surface area is 194 Å². The number of urea groups is 1. The van der Waals surface area contributed by atoms with Gasteiger partial charge < -0.3 is 20.3 Å². The highest BCUT2D eigenvalue weighted by atomic mass is 16.5. The van der Waals surface area contributed by atoms with Crippen LogP contribution < -0.4 is 15.5 Å². The van der Waals surface area contributed by atoms with Crippen LogP contribution in [0.1, 0.15) is 43.9 Å². The van der Waals surface area contributed by atoms with Crippen LogP contribution >= 0.6 is 0 Å². The van der Waals surface area contributed by atoms with E-state index in [-0.39, 0.29) is 6.03 Å². The molecule has 1 aromatic carbocycles. The number of hydrogen-bond donors (Lipinski definition) is 2. The molecule has 2 saturated heterocycles. The summed E-state index contributed by atoms with van der Waals surface area (Å²) < 4.78 is 5.84. The summed E-state index contributed by atoms with van der Waals surface area (Å²) in [6.07, 6.45) is 5.48. The minimum atomic E-state index is -0.139. The number of benzene rings is 1. The predicted molar refractivity (Wildman–Crippen MR) is 127 cm³/mol. The zero-order valence-electron chi connectivity index (χ0n) is 19.2. The molecule has 0 spiro atoms. The third-order valence-corrected chi connectivity index (χ3v) is 7.37. The third-order valence-electron chi connectivity index (χ3n) is 7.37. The van der Waals surface area contributed by atoms with Crippen molar-refractivity contribution in [1.82, 2.24) is 20.2 Å². The van der Waals surface area contributed by atoms with Crippen molar-refractivity contribution >= 4 is 17.5 Å². The van der Waals surface area contributed by atoms with Crippen LogP contribution in [-0.4, -0.2) is 65.3 Å². The van der Waals surface area contributed by atoms with Crippen LogP contribution in [0.4, 0.5) is 16.3 Å². The number of likely N-dealkylation sites (N-methyl/N-ethyl adjacent to an activating group) is 1. The molecule has 174 valence electrons. The number of carbonyl (C=O) groups is 1. The van der Waals surface area contributed by atoms with E-state index in [0.717, 1.165) is 80.7 Å². The standard InChI is InChI=1S/C25H32N6O2/c1-2-30-12-11-21-22(13-30)28-23(29-24(21)31-19-9-10-20(31)15-33-14-19)16-3-5-17(6-4-16)26-25(32)27-18-7-8-18/h3-6,18-20H,2,7-15H2,1H3,(H2,26,27,32). The van der Waals surface area contributed by atoms with Crippen LogP contribution in [0.25, 0.3) is 11.4 Å². The Hall–Kier alpha value is -2.71. The maximum Gasteiger partial charge on any atom is 0.319 e. The minimum absolute atomic E-state index is 0.139. The molecule has 2 atom stereocenters. The molecule has 8 heteroatoms. The fourth-order valence-corrected chi connectivity index (χ4v) is 5.33. The van der Waals surface area contributed by atoms with Gasteiger partial charge in [0.25, 0.3) is 0 Å². The molecular formula is C25H32N6O2. The lowest BCUT2D eigenvalue weighted by Crippen LogP contribution is -2.47. The first-order valence-electron chi connectivity index (χ1n) is 12.3. The number of fused-ring (bicyclic) bond motifs is 3. The summed E-state index contributed by atoms with van der Waals surface area (Å²) in [7, 11) is 0. The van der Waals surface area contributed by atoms with E-state index in [1.54, 1.807) is 0 Å². The van der Waals surface area contributed by atoms with E-state index in [4.69, 9.17) is 14.7 Å². The molecule has 0 radical (unpaired) electrons. The molecule has 2 bridgehead atoms. The SMILES string of the molecule is CCN1CCc2c(nc(-c3ccc(NC(=O)NC4CC4)cc3)nc2N2C3CCC2COC3)C1. The number of morpholine rings is 1. The fraction of sp³-hybridized carbons (Fsp3) is 0.560. The number of amides is 2. The number of ether oxygens (including phenoxy) is 1. The predicted octanol–water partition coefficient (Wildman–Crippen LogP) is 3.17. The molecule has 3 aliphatic heterocycles. The average molecular weight is 449 g/mol. The lowest BCUT2D eigenvalue weighted by Gasteiger charge is -2.38. The first-order valence-corrected chi connectivity index (χ1v) is 12.3. The van der Waals surface area contributed by atoms with Crippen LogP contribution in [0, 0.1) is 0 Å². The number of rotatable bonds is 5. The van der Waals surface area contributed by atoms with Crippen LogP contribution in [0.2, 0.25) is 0 Å². The Morgan fingerprint density at radius 3 is 2.55 bits per heavy atom. The van der Waals surface area contributed by atoms with E-state index >= 15 is 0 Å². The fourth-order valence-electron chi connectivity index (χ4n) is 5.33. The molecule has 4 heterocycles. The van der Waals surface area contributed by atoms with E-state index < -0.39 is 0 Å². The summed E-state index contributed by atoms with van der Waals surface area (Å²) in [5.74, 6) is 1.88. The van der Waals surface area contributed by atoms with Gasteiger partial charge in [-0.25, -0.2) is 14.8 Å². The quantitative estimate of drug-likeness (QED) is 0.731. The Morgan fingerprint density at radius 1 is 1.09 bits per heavy atom. The second-order valence-electron chi connectivity index (χ2n) is 9.69. The summed E-state index contributed by atoms with van der Waals surface area (Å²) in [6.45, 7) is 6.74. The highest BCUT2D eigenvalue weighted by Gasteiger charge is 2.40. The maximum atomic E-state index is 12.1. The maximum absolute atomic E-state index is 12.1. The molecule has 2 aromatic rings. The Kier molecular flexibility index (Phi) is 5.42. The third kappa shape index (κ3) is 4.17. The number of hydrogen-bond acceptors (Lipinski definition) is 6. The number of nitrogens with one attached hydrogen (secondary N) is 2. The van der Waals surface area contributed by atoms with Crippen molar-refractivity contribution in [3.63, 3.8) is 0 Å². The highest BCUT2D eigenvalue weighted by molar-refractivity contribution is 5.89. The topological polar surface area (TPSA) is 82.6 Å². The largest absolute Gasteiger partial charge is 0.377 e. The first kappa shape index (κ1) is 20.9. The average Bonchev–Trinajstić information content (AvgIpc) is 3.61. The monoisotopic (exact) mass is 448 g/mol. The van der Waals surface area contributed by atoms with E-state index in [2.05, 4.69) is 27.4 Å². The van der Waals surface area contributed by atoms with E-state index in [9.17, 15) is 4.79 Å². The number of aromatic nitrogens is 2. The van der Waals surface area contributed by atoms with Crippen LogP contribution in [0.5, 0.6) is 0 Å². The van der Waals surface area contributed by atoms with Gasteiger partial charge in [-0.15, -0.1) is 0 Å². The minimum Gasteiger partial charge on any atom is -0.377 e. The van der Waals surface area contributed by atoms with Gasteiger partial charge >= 0.3 is 6.03 Å². The number of anilines is 2. The van der Waals surface area contributed by atoms with Gasteiger partial charge in [-0.2, -0.15) is 0 Å². The normalized spacial score (nSPS) is 24.5. The molecule has 8 nitrogen and oxygen atoms in total. The van der Waals surface area contributed by atoms with Crippen molar-refractivity contribution in [3.8, 4) is 11.4 Å². The Bertz CT molecular complexity index is 1020. The molecule has 2 amide bonds. The smallest absolute Gasteiger partial charge is 0.319 e. The van der Waals surface area contributed by atoms with Gasteiger partial charge in [0.1, 0.15) is 5.82 Å². The lowest BCUT2D eigenvalue weighted by atomic mass is 10.0. The van der Waals surface area contributed by atoms with Crippen molar-refractivity contribution < 1.29 is 9.53 Å². The van der Waals surface area contributed by atoms with Gasteiger partial charge in [-0.05, 0) is 62.9 Å². The summed E-state index contributed by atoms with van der Waals surface area (Å²) in [6, 6.07) is 8.90. The van der Waals surface area contributed by atoms with Gasteiger partial charge in [0.05, 0.1) is 31.0 Å². The van der Waals surface area contributed by atoms with Crippen LogP contribution in [-0.2, 0) is 17.7 Å². The van der Waals surface area contributed by atoms with Crippen LogP contribution in [0.15, 0.2) is 24.3 Å². The molecule has 2 unspecified atom stereocenters. The number of carbonyl (C=O) groups excluding carboxylic acids is 1. The molecule has 3 fully saturated rings. The van der Waals surface area contributed by atoms with Crippen molar-refractivity contribution in [2.24, 2.45) is 0 Å². The summed E-state index contributed by atoms with van der Waals surface area (Å²) in [4.78, 5) is 27.2. The molecule has 33 heavy (non-hydrogen) atoms. The lowest BCUT2D eigenvalue weighted by molar-refractivity contribution is 0.0900. The van der Waals surface area contributed by atoms with Gasteiger partial charge in [-0.3, -0.25) is 4.90 Å². The molecule has 1 saturated carbocycles. The Balaban J connectivity index is 1.31. The van der Waals surface area contributed by atoms with Crippen molar-refractivity contribution in [2.75, 3.05) is 36.5 Å². The highest BCUT2D eigenvalue weighted by Crippen LogP contribution is 2.38. The summed E-state index contributed by atoms with van der Waals surface area (Å²) >= 11 is 0. The van der Waals surface area contributed by atoms with Gasteiger partial charge in [0.2, 0.25) is 0 Å². The van der Waals surface area contributed by atoms with Crippen molar-refractivity contribution in [2.45, 2.75) is 63.7 Å². The molecule has 2 N–H and O–H groups in total. The molecule has 6 rings (SSSR count). The van der Waals surface area contributed by atoms with Crippen molar-refractivity contribution in [1.29, 1.82) is 0 Å². The Morgan fingerprint density at radius 2 is 1.85 bits per heavy atom. The van der Waals surface area contributed by atoms with E-state index in [1.165, 1.54) is 18.4 Å². The van der Waals surface area contributed by atoms with Gasteiger partial charge in [0, 0.05) is 35.9 Å². The number of nitrogens with zero attached hydrogens (tertiary/aromatic N) is 4. The summed E-state index contributed by atoms with van der Waals surface area (Å²) in [5, 5.41) is 5.87. The molecule has 1 aromatic heterocycles. The zero-order valence-corrected chi connectivity index (χ0v) is 19.2. The van der Waals surface area contributed by atoms with Gasteiger partial charge in [0.15, 0.2) is 5.82 Å². The summed E-state index contributed by atoms with van der Waals surface area (Å²) in [5.41, 5.74) is 4.22. The second kappa shape index (κ2) is 8.57. The van der Waals surface area contributed by atoms with E-state index in [1.807, 2.05) is 24.3 Å². The molecule has 1 aliphatic carbocycles. The molecular weight excluding hydrogens is 416 g/mol. The first-order chi connectivity index (χ1) is 16.2. The zero-order chi connectivity index (χ0) is 22.4. The second-order valence-corrected chi connectivity index (χ2v) is 9.69. The van der Waals surface area contributed by atoms with E-state index in [0.29, 0.717) is 18.1 Å². The van der Waals surface area contributed by atoms with Gasteiger partial charge in [-0.1, -0.05) is 6.92 Å².